The molecule has 15 heavy (non-hydrogen) atoms. The van der Waals surface area contributed by atoms with Gasteiger partial charge >= 0.3 is 0 Å². The average molecular weight is 213 g/mol. The predicted molar refractivity (Wildman–Crippen MR) is 59.6 cm³/mol. The summed E-state index contributed by atoms with van der Waals surface area (Å²) in [5, 5.41) is 19.6. The lowest BCUT2D eigenvalue weighted by molar-refractivity contribution is -0.128. The first-order valence-corrected chi connectivity index (χ1v) is 6.22. The Morgan fingerprint density at radius 3 is 2.60 bits per heavy atom. The first kappa shape index (κ1) is 11.4. The van der Waals surface area contributed by atoms with Crippen molar-refractivity contribution >= 4 is 0 Å². The molecule has 0 unspecified atom stereocenters. The van der Waals surface area contributed by atoms with Crippen LogP contribution in [0.25, 0.3) is 0 Å². The van der Waals surface area contributed by atoms with Crippen molar-refractivity contribution in [1.82, 2.24) is 4.90 Å². The zero-order valence-electron chi connectivity index (χ0n) is 9.65. The lowest BCUT2D eigenvalue weighted by Gasteiger charge is -2.50. The molecule has 3 nitrogen and oxygen atoms in total. The fourth-order valence-corrected chi connectivity index (χ4v) is 3.08. The Morgan fingerprint density at radius 2 is 2.13 bits per heavy atom. The molecule has 1 aliphatic heterocycles. The second-order valence-corrected chi connectivity index (χ2v) is 5.29. The smallest absolute Gasteiger partial charge is 0.0725 e. The van der Waals surface area contributed by atoms with Gasteiger partial charge < -0.3 is 15.1 Å². The van der Waals surface area contributed by atoms with E-state index in [4.69, 9.17) is 5.11 Å². The largest absolute Gasteiger partial charge is 0.395 e. The molecular formula is C12H23NO2. The van der Waals surface area contributed by atoms with Gasteiger partial charge in [0.1, 0.15) is 0 Å². The van der Waals surface area contributed by atoms with Crippen molar-refractivity contribution in [2.45, 2.75) is 38.2 Å². The average Bonchev–Trinajstić information content (AvgIpc) is 2.09. The highest BCUT2D eigenvalue weighted by atomic mass is 16.3. The molecule has 2 aliphatic rings. The van der Waals surface area contributed by atoms with Gasteiger partial charge in [0.15, 0.2) is 0 Å². The fourth-order valence-electron chi connectivity index (χ4n) is 3.08. The van der Waals surface area contributed by atoms with Crippen molar-refractivity contribution in [3.63, 3.8) is 0 Å². The first-order valence-electron chi connectivity index (χ1n) is 6.22. The lowest BCUT2D eigenvalue weighted by Crippen LogP contribution is -2.56. The Morgan fingerprint density at radius 1 is 1.40 bits per heavy atom. The summed E-state index contributed by atoms with van der Waals surface area (Å²) in [6, 6.07) is 0. The Labute approximate surface area is 92.1 Å². The van der Waals surface area contributed by atoms with E-state index < -0.39 is 5.60 Å². The van der Waals surface area contributed by atoms with Crippen molar-refractivity contribution in [3.8, 4) is 0 Å². The summed E-state index contributed by atoms with van der Waals surface area (Å²) in [5.41, 5.74) is -0.412. The maximum absolute atomic E-state index is 10.7. The molecule has 3 heteroatoms. The number of hydrogen-bond acceptors (Lipinski definition) is 3. The van der Waals surface area contributed by atoms with E-state index in [1.54, 1.807) is 0 Å². The second-order valence-electron chi connectivity index (χ2n) is 5.29. The highest BCUT2D eigenvalue weighted by Crippen LogP contribution is 2.44. The molecule has 0 radical (unpaired) electrons. The van der Waals surface area contributed by atoms with E-state index in [0.717, 1.165) is 26.1 Å². The highest BCUT2D eigenvalue weighted by Gasteiger charge is 2.46. The van der Waals surface area contributed by atoms with Crippen LogP contribution in [0.4, 0.5) is 0 Å². The summed E-state index contributed by atoms with van der Waals surface area (Å²) < 4.78 is 0. The quantitative estimate of drug-likeness (QED) is 0.730. The van der Waals surface area contributed by atoms with Gasteiger partial charge in [-0.3, -0.25) is 0 Å². The molecule has 0 spiro atoms. The second kappa shape index (κ2) is 4.40. The highest BCUT2D eigenvalue weighted by molar-refractivity contribution is 4.98. The van der Waals surface area contributed by atoms with Crippen molar-refractivity contribution in [2.24, 2.45) is 11.8 Å². The third-order valence-electron chi connectivity index (χ3n) is 4.44. The summed E-state index contributed by atoms with van der Waals surface area (Å²) in [4.78, 5) is 2.26. The standard InChI is InChI=1S/C12H23NO2/c1-10-9-13(7-8-14)6-5-12(10,15)11-3-2-4-11/h10-11,14-15H,2-9H2,1H3/t10-,12+/m1/s1. The van der Waals surface area contributed by atoms with Gasteiger partial charge in [-0.2, -0.15) is 0 Å². The van der Waals surface area contributed by atoms with E-state index in [1.165, 1.54) is 19.3 Å². The van der Waals surface area contributed by atoms with E-state index in [0.29, 0.717) is 11.8 Å². The van der Waals surface area contributed by atoms with Crippen LogP contribution in [0.1, 0.15) is 32.6 Å². The van der Waals surface area contributed by atoms with Crippen LogP contribution in [0, 0.1) is 11.8 Å². The normalized spacial score (nSPS) is 39.0. The number of aliphatic hydroxyl groups excluding tert-OH is 1. The van der Waals surface area contributed by atoms with Gasteiger partial charge in [0, 0.05) is 19.6 Å². The van der Waals surface area contributed by atoms with Gasteiger partial charge in [0.25, 0.3) is 0 Å². The molecule has 1 saturated heterocycles. The van der Waals surface area contributed by atoms with Crippen LogP contribution in [-0.4, -0.2) is 47.0 Å². The summed E-state index contributed by atoms with van der Waals surface area (Å²) in [5.74, 6) is 0.895. The number of rotatable bonds is 3. The molecule has 2 rings (SSSR count). The molecule has 0 aromatic rings. The van der Waals surface area contributed by atoms with Gasteiger partial charge in [-0.05, 0) is 31.1 Å². The molecule has 0 aromatic carbocycles. The number of aliphatic hydroxyl groups is 2. The van der Waals surface area contributed by atoms with Crippen LogP contribution in [0.3, 0.4) is 0 Å². The van der Waals surface area contributed by atoms with E-state index in [9.17, 15) is 5.11 Å². The number of piperidine rings is 1. The number of hydrogen-bond donors (Lipinski definition) is 2. The molecule has 0 aromatic heterocycles. The molecule has 88 valence electrons. The maximum atomic E-state index is 10.7. The molecule has 2 N–H and O–H groups in total. The Kier molecular flexibility index (Phi) is 3.33. The maximum Gasteiger partial charge on any atom is 0.0725 e. The van der Waals surface area contributed by atoms with Crippen LogP contribution in [-0.2, 0) is 0 Å². The van der Waals surface area contributed by atoms with E-state index in [-0.39, 0.29) is 6.61 Å². The Balaban J connectivity index is 1.93. The zero-order chi connectivity index (χ0) is 10.9. The molecule has 1 aliphatic carbocycles. The van der Waals surface area contributed by atoms with Gasteiger partial charge in [0.05, 0.1) is 12.2 Å². The van der Waals surface area contributed by atoms with Gasteiger partial charge in [-0.1, -0.05) is 13.3 Å². The monoisotopic (exact) mass is 213 g/mol. The van der Waals surface area contributed by atoms with Crippen LogP contribution in [0.5, 0.6) is 0 Å². The van der Waals surface area contributed by atoms with Crippen LogP contribution in [0.15, 0.2) is 0 Å². The minimum atomic E-state index is -0.412. The van der Waals surface area contributed by atoms with E-state index in [1.807, 2.05) is 0 Å². The zero-order valence-corrected chi connectivity index (χ0v) is 9.65. The summed E-state index contributed by atoms with van der Waals surface area (Å²) in [6.07, 6.45) is 4.60. The predicted octanol–water partition coefficient (Wildman–Crippen LogP) is 0.852. The SMILES string of the molecule is C[C@@H]1CN(CCO)CC[C@@]1(O)C1CCC1. The fraction of sp³-hybridized carbons (Fsp3) is 1.00. The van der Waals surface area contributed by atoms with Crippen LogP contribution < -0.4 is 0 Å². The Hall–Kier alpha value is -0.120. The van der Waals surface area contributed by atoms with Crippen molar-refractivity contribution < 1.29 is 10.2 Å². The number of β-amino-alcohol motifs (C(OH)–C–C–N with tert-alkyl or cyclic N) is 1. The number of likely N-dealkylation sites (tertiary alicyclic amines) is 1. The first-order chi connectivity index (χ1) is 7.16. The van der Waals surface area contributed by atoms with E-state index >= 15 is 0 Å². The minimum absolute atomic E-state index is 0.231. The van der Waals surface area contributed by atoms with Crippen molar-refractivity contribution in [3.05, 3.63) is 0 Å². The summed E-state index contributed by atoms with van der Waals surface area (Å²) in [7, 11) is 0. The molecule has 0 bridgehead atoms. The van der Waals surface area contributed by atoms with E-state index in [2.05, 4.69) is 11.8 Å². The minimum Gasteiger partial charge on any atom is -0.395 e. The summed E-state index contributed by atoms with van der Waals surface area (Å²) in [6.45, 7) is 5.02. The lowest BCUT2D eigenvalue weighted by atomic mass is 9.65. The third kappa shape index (κ3) is 2.05. The topological polar surface area (TPSA) is 43.7 Å². The molecule has 0 amide bonds. The third-order valence-corrected chi connectivity index (χ3v) is 4.44. The van der Waals surface area contributed by atoms with Crippen LogP contribution in [0.2, 0.25) is 0 Å². The van der Waals surface area contributed by atoms with Crippen molar-refractivity contribution in [2.75, 3.05) is 26.2 Å². The molecule has 1 saturated carbocycles. The molecule has 1 heterocycles. The Bertz CT molecular complexity index is 218. The molecule has 2 fully saturated rings. The van der Waals surface area contributed by atoms with Gasteiger partial charge in [-0.25, -0.2) is 0 Å². The van der Waals surface area contributed by atoms with Crippen molar-refractivity contribution in [1.29, 1.82) is 0 Å². The molecular weight excluding hydrogens is 190 g/mol. The van der Waals surface area contributed by atoms with Gasteiger partial charge in [-0.15, -0.1) is 0 Å². The number of nitrogens with zero attached hydrogens (tertiary/aromatic N) is 1. The van der Waals surface area contributed by atoms with Crippen LogP contribution >= 0.6 is 0 Å². The summed E-state index contributed by atoms with van der Waals surface area (Å²) >= 11 is 0. The van der Waals surface area contributed by atoms with Gasteiger partial charge in [0.2, 0.25) is 0 Å². The molecule has 2 atom stereocenters.